The number of nitrogens with one attached hydrogen (secondary N) is 2. The highest BCUT2D eigenvalue weighted by atomic mass is 32.1. The highest BCUT2D eigenvalue weighted by Crippen LogP contribution is 2.50. The number of nitrogens with zero attached hydrogens (tertiary/aromatic N) is 4. The lowest BCUT2D eigenvalue weighted by Crippen LogP contribution is -2.22. The van der Waals surface area contributed by atoms with Crippen LogP contribution >= 0.6 is 11.3 Å². The number of rotatable bonds is 8. The first-order valence-corrected chi connectivity index (χ1v) is 16.3. The van der Waals surface area contributed by atoms with Crippen LogP contribution in [-0.2, 0) is 12.8 Å². The van der Waals surface area contributed by atoms with Crippen molar-refractivity contribution in [3.05, 3.63) is 117 Å². The third kappa shape index (κ3) is 5.14. The Balaban J connectivity index is 1.29. The summed E-state index contributed by atoms with van der Waals surface area (Å²) in [5.74, 6) is -2.53. The van der Waals surface area contributed by atoms with Crippen molar-refractivity contribution >= 4 is 33.1 Å². The van der Waals surface area contributed by atoms with Crippen LogP contribution in [0.5, 0.6) is 0 Å². The van der Waals surface area contributed by atoms with E-state index < -0.39 is 23.4 Å². The van der Waals surface area contributed by atoms with Crippen LogP contribution in [0.4, 0.5) is 19.0 Å². The summed E-state index contributed by atoms with van der Waals surface area (Å²) < 4.78 is 47.6. The molecule has 6 heterocycles. The summed E-state index contributed by atoms with van der Waals surface area (Å²) in [5.41, 5.74) is 4.19. The first-order chi connectivity index (χ1) is 23.2. The van der Waals surface area contributed by atoms with Crippen LogP contribution in [0.1, 0.15) is 64.7 Å². The Kier molecular flexibility index (Phi) is 7.35. The summed E-state index contributed by atoms with van der Waals surface area (Å²) >= 11 is 1.40. The third-order valence-electron chi connectivity index (χ3n) is 9.04. The van der Waals surface area contributed by atoms with E-state index in [0.29, 0.717) is 58.8 Å². The summed E-state index contributed by atoms with van der Waals surface area (Å²) in [6, 6.07) is 13.3. The molecule has 0 spiro atoms. The van der Waals surface area contributed by atoms with Gasteiger partial charge in [-0.1, -0.05) is 18.2 Å². The number of pyridine rings is 2. The van der Waals surface area contributed by atoms with Gasteiger partial charge in [-0.15, -0.1) is 16.4 Å². The van der Waals surface area contributed by atoms with Gasteiger partial charge >= 0.3 is 5.76 Å². The lowest BCUT2D eigenvalue weighted by Gasteiger charge is -2.16. The minimum absolute atomic E-state index is 0.0140. The molecule has 48 heavy (non-hydrogen) atoms. The molecule has 1 saturated heterocycles. The number of hydrogen-bond acceptors (Lipinski definition) is 8. The van der Waals surface area contributed by atoms with E-state index in [4.69, 9.17) is 9.40 Å². The van der Waals surface area contributed by atoms with Crippen LogP contribution in [0.15, 0.2) is 70.0 Å². The minimum atomic E-state index is -0.935. The molecular formula is C35H27F3N6O3S. The van der Waals surface area contributed by atoms with E-state index in [1.165, 1.54) is 29.5 Å². The number of anilines is 1. The number of hydrogen-bond donors (Lipinski definition) is 2. The van der Waals surface area contributed by atoms with Gasteiger partial charge in [-0.05, 0) is 85.5 Å². The Morgan fingerprint density at radius 2 is 1.85 bits per heavy atom. The van der Waals surface area contributed by atoms with Crippen molar-refractivity contribution < 1.29 is 22.4 Å². The van der Waals surface area contributed by atoms with E-state index in [0.717, 1.165) is 45.5 Å². The summed E-state index contributed by atoms with van der Waals surface area (Å²) in [5, 5.41) is 10.7. The molecule has 2 N–H and O–H groups in total. The molecule has 0 unspecified atom stereocenters. The van der Waals surface area contributed by atoms with E-state index in [1.54, 1.807) is 18.3 Å². The number of carbonyl (C=O) groups is 1. The van der Waals surface area contributed by atoms with Crippen LogP contribution in [0.25, 0.3) is 32.0 Å². The lowest BCUT2D eigenvalue weighted by atomic mass is 9.93. The summed E-state index contributed by atoms with van der Waals surface area (Å²) in [7, 11) is 0. The van der Waals surface area contributed by atoms with Gasteiger partial charge in [0.1, 0.15) is 11.6 Å². The molecular weight excluding hydrogens is 641 g/mol. The highest BCUT2D eigenvalue weighted by molar-refractivity contribution is 7.23. The number of carbonyl (C=O) groups excluding carboxylic acids is 1. The number of aryl methyl sites for hydroxylation is 2. The smallest absolute Gasteiger partial charge is 0.388 e. The van der Waals surface area contributed by atoms with Crippen molar-refractivity contribution in [2.75, 3.05) is 11.9 Å². The molecule has 2 atom stereocenters. The van der Waals surface area contributed by atoms with Gasteiger partial charge < -0.3 is 14.6 Å². The molecule has 0 radical (unpaired) electrons. The maximum atomic E-state index is 14.1. The summed E-state index contributed by atoms with van der Waals surface area (Å²) in [6.45, 7) is 2.44. The maximum absolute atomic E-state index is 14.1. The predicted octanol–water partition coefficient (Wildman–Crippen LogP) is 7.37. The lowest BCUT2D eigenvalue weighted by molar-refractivity contribution is 0.0776. The van der Waals surface area contributed by atoms with E-state index in [-0.39, 0.29) is 23.7 Å². The number of aromatic nitrogens is 4. The largest absolute Gasteiger partial charge is 0.434 e. The fourth-order valence-electron chi connectivity index (χ4n) is 6.72. The second-order valence-electron chi connectivity index (χ2n) is 12.0. The van der Waals surface area contributed by atoms with Crippen LogP contribution in [0, 0.1) is 17.5 Å². The number of amides is 1. The molecule has 0 aliphatic carbocycles. The fraction of sp³-hybridized carbons (Fsp3) is 0.229. The minimum Gasteiger partial charge on any atom is -0.388 e. The van der Waals surface area contributed by atoms with Gasteiger partial charge in [-0.25, -0.2) is 28.0 Å². The van der Waals surface area contributed by atoms with Gasteiger partial charge in [-0.3, -0.25) is 9.78 Å². The Hall–Kier alpha value is -5.30. The molecule has 242 valence electrons. The topological polar surface area (TPSA) is 117 Å². The molecule has 2 aromatic carbocycles. The number of thiophene rings is 1. The second kappa shape index (κ2) is 11.7. The average Bonchev–Trinajstić information content (AvgIpc) is 3.88. The Morgan fingerprint density at radius 3 is 2.62 bits per heavy atom. The van der Waals surface area contributed by atoms with E-state index in [9.17, 15) is 22.8 Å². The van der Waals surface area contributed by atoms with Crippen molar-refractivity contribution in [2.45, 2.75) is 44.7 Å². The Morgan fingerprint density at radius 1 is 1.02 bits per heavy atom. The van der Waals surface area contributed by atoms with Gasteiger partial charge in [0.15, 0.2) is 11.6 Å². The van der Waals surface area contributed by atoms with Crippen LogP contribution in [0.3, 0.4) is 0 Å². The average molecular weight is 669 g/mol. The highest BCUT2D eigenvalue weighted by Gasteiger charge is 2.44. The molecule has 9 nitrogen and oxygen atoms in total. The zero-order chi connectivity index (χ0) is 33.1. The number of halogens is 3. The molecule has 6 aromatic rings. The van der Waals surface area contributed by atoms with Crippen molar-refractivity contribution in [2.24, 2.45) is 0 Å². The van der Waals surface area contributed by atoms with Crippen molar-refractivity contribution in [3.63, 3.8) is 0 Å². The predicted molar refractivity (Wildman–Crippen MR) is 174 cm³/mol. The number of fused-ring (bicyclic) bond motifs is 4. The van der Waals surface area contributed by atoms with Gasteiger partial charge in [0.05, 0.1) is 39.3 Å². The van der Waals surface area contributed by atoms with Gasteiger partial charge in [-0.2, -0.15) is 0 Å². The van der Waals surface area contributed by atoms with Gasteiger partial charge in [0, 0.05) is 23.2 Å². The van der Waals surface area contributed by atoms with Gasteiger partial charge in [0.25, 0.3) is 11.8 Å². The van der Waals surface area contributed by atoms with Gasteiger partial charge in [0.2, 0.25) is 0 Å². The van der Waals surface area contributed by atoms with Crippen molar-refractivity contribution in [1.82, 2.24) is 25.1 Å². The number of benzene rings is 2. The molecule has 1 fully saturated rings. The SMILES string of the molecule is C[C@H](Nc1nccc2cc(-c3c4c(nc(CCc5ccc(F)cc5)c3-c3n[nH]c(=O)o3)[C@H]3CCCN3C4=O)sc12)c1ccc(F)c(F)c1. The Labute approximate surface area is 275 Å². The summed E-state index contributed by atoms with van der Waals surface area (Å²) in [4.78, 5) is 38.5. The van der Waals surface area contributed by atoms with Crippen molar-refractivity contribution in [3.8, 4) is 21.9 Å². The third-order valence-corrected chi connectivity index (χ3v) is 10.2. The fourth-order valence-corrected chi connectivity index (χ4v) is 7.88. The number of H-pyrrole nitrogens is 1. The zero-order valence-electron chi connectivity index (χ0n) is 25.5. The van der Waals surface area contributed by atoms with E-state index in [2.05, 4.69) is 20.5 Å². The normalized spacial score (nSPS) is 16.0. The molecule has 8 rings (SSSR count). The first-order valence-electron chi connectivity index (χ1n) is 15.5. The first kappa shape index (κ1) is 30.1. The van der Waals surface area contributed by atoms with Crippen LogP contribution in [0.2, 0.25) is 0 Å². The van der Waals surface area contributed by atoms with E-state index in [1.807, 2.05) is 24.0 Å². The van der Waals surface area contributed by atoms with Crippen LogP contribution < -0.4 is 11.1 Å². The maximum Gasteiger partial charge on any atom is 0.434 e. The molecule has 0 saturated carbocycles. The number of aromatic amines is 1. The second-order valence-corrected chi connectivity index (χ2v) is 13.1. The molecule has 1 amide bonds. The van der Waals surface area contributed by atoms with Crippen molar-refractivity contribution in [1.29, 1.82) is 0 Å². The quantitative estimate of drug-likeness (QED) is 0.174. The molecule has 2 aliphatic heterocycles. The summed E-state index contributed by atoms with van der Waals surface area (Å²) in [6.07, 6.45) is 4.23. The standard InChI is InChI=1S/C35H27F3N6O3S/c1-17(19-7-10-22(37)23(38)15-19)40-32-31-20(12-13-39-32)16-26(48-31)28-27(33-42-43-35(46)47-33)24(11-6-18-4-8-21(36)9-5-18)41-30-25-3-2-14-44(25)34(45)29(28)30/h4-5,7-10,12-13,15-17,25H,2-3,6,11,14H2,1H3,(H,39,40)(H,43,46)/t17-,25+/m0/s1. The van der Waals surface area contributed by atoms with Crippen LogP contribution in [-0.4, -0.2) is 37.5 Å². The molecule has 4 aromatic heterocycles. The van der Waals surface area contributed by atoms with E-state index >= 15 is 0 Å². The molecule has 0 bridgehead atoms. The Bertz CT molecular complexity index is 2280. The molecule has 2 aliphatic rings. The zero-order valence-corrected chi connectivity index (χ0v) is 26.3. The monoisotopic (exact) mass is 668 g/mol. The molecule has 13 heteroatoms.